The molecule has 5 aromatic rings. The quantitative estimate of drug-likeness (QED) is 0.319. The second-order valence-corrected chi connectivity index (χ2v) is 7.93. The number of ketones is 1. The van der Waals surface area contributed by atoms with Gasteiger partial charge in [0.05, 0.1) is 12.7 Å². The summed E-state index contributed by atoms with van der Waals surface area (Å²) >= 11 is 6.04. The Bertz CT molecular complexity index is 1460. The van der Waals surface area contributed by atoms with Crippen molar-refractivity contribution in [1.82, 2.24) is 19.5 Å². The molecule has 0 spiro atoms. The van der Waals surface area contributed by atoms with Gasteiger partial charge in [-0.05, 0) is 48.9 Å². The second-order valence-electron chi connectivity index (χ2n) is 7.50. The molecule has 33 heavy (non-hydrogen) atoms. The fourth-order valence-electron chi connectivity index (χ4n) is 3.87. The number of carbonyl (C=O) groups is 1. The molecule has 0 N–H and O–H groups in total. The number of nitrogens with zero attached hydrogens (tertiary/aromatic N) is 4. The van der Waals surface area contributed by atoms with Gasteiger partial charge >= 0.3 is 0 Å². The first-order valence-corrected chi connectivity index (χ1v) is 10.6. The van der Waals surface area contributed by atoms with Crippen LogP contribution in [0.3, 0.4) is 0 Å². The highest BCUT2D eigenvalue weighted by atomic mass is 35.5. The molecule has 0 fully saturated rings. The summed E-state index contributed by atoms with van der Waals surface area (Å²) in [7, 11) is 1.60. The fourth-order valence-corrected chi connectivity index (χ4v) is 4.00. The molecule has 3 heterocycles. The molecule has 0 aliphatic carbocycles. The number of fused-ring (bicyclic) bond motifs is 1. The van der Waals surface area contributed by atoms with Gasteiger partial charge in [0.25, 0.3) is 5.89 Å². The van der Waals surface area contributed by atoms with Crippen LogP contribution in [0.4, 0.5) is 0 Å². The standard InChI is InChI=1S/C25H19ClN4O3/c1-15-22(23(31)20-14-33-25(29-20)24-27-10-3-11-28-24)19-12-18(32-2)8-9-21(19)30(15)13-16-4-6-17(26)7-5-16/h3-12,14H,13H2,1-2H3. The molecule has 3 aromatic heterocycles. The average molecular weight is 459 g/mol. The number of carbonyl (C=O) groups excluding carboxylic acids is 1. The number of rotatable bonds is 6. The van der Waals surface area contributed by atoms with Gasteiger partial charge < -0.3 is 13.7 Å². The molecule has 0 saturated carbocycles. The highest BCUT2D eigenvalue weighted by Gasteiger charge is 2.25. The van der Waals surface area contributed by atoms with Crippen LogP contribution < -0.4 is 4.74 Å². The number of aromatic nitrogens is 4. The van der Waals surface area contributed by atoms with E-state index in [0.29, 0.717) is 28.7 Å². The molecule has 0 saturated heterocycles. The topological polar surface area (TPSA) is 83.0 Å². The molecular weight excluding hydrogens is 440 g/mol. The van der Waals surface area contributed by atoms with Crippen LogP contribution in [0.1, 0.15) is 27.3 Å². The largest absolute Gasteiger partial charge is 0.497 e. The van der Waals surface area contributed by atoms with Crippen molar-refractivity contribution < 1.29 is 13.9 Å². The molecular formula is C25H19ClN4O3. The van der Waals surface area contributed by atoms with E-state index in [1.54, 1.807) is 25.6 Å². The van der Waals surface area contributed by atoms with Crippen LogP contribution in [-0.4, -0.2) is 32.4 Å². The third kappa shape index (κ3) is 3.87. The molecule has 0 radical (unpaired) electrons. The minimum absolute atomic E-state index is 0.189. The first-order chi connectivity index (χ1) is 16.0. The van der Waals surface area contributed by atoms with Crippen molar-refractivity contribution >= 4 is 28.3 Å². The summed E-state index contributed by atoms with van der Waals surface area (Å²) in [5.74, 6) is 0.935. The zero-order chi connectivity index (χ0) is 22.9. The molecule has 7 nitrogen and oxygen atoms in total. The third-order valence-electron chi connectivity index (χ3n) is 5.51. The van der Waals surface area contributed by atoms with E-state index in [0.717, 1.165) is 22.2 Å². The second kappa shape index (κ2) is 8.52. The Morgan fingerprint density at radius 2 is 1.88 bits per heavy atom. The van der Waals surface area contributed by atoms with Crippen LogP contribution in [0.2, 0.25) is 5.02 Å². The van der Waals surface area contributed by atoms with Gasteiger partial charge in [0.15, 0.2) is 5.69 Å². The van der Waals surface area contributed by atoms with E-state index in [9.17, 15) is 4.79 Å². The molecule has 0 bridgehead atoms. The van der Waals surface area contributed by atoms with E-state index in [-0.39, 0.29) is 17.4 Å². The van der Waals surface area contributed by atoms with Crippen molar-refractivity contribution in [2.45, 2.75) is 13.5 Å². The molecule has 0 unspecified atom stereocenters. The van der Waals surface area contributed by atoms with Crippen molar-refractivity contribution in [3.05, 3.63) is 94.7 Å². The lowest BCUT2D eigenvalue weighted by atomic mass is 10.0. The van der Waals surface area contributed by atoms with Crippen molar-refractivity contribution in [1.29, 1.82) is 0 Å². The number of halogens is 1. The number of hydrogen-bond donors (Lipinski definition) is 0. The van der Waals surface area contributed by atoms with Crippen LogP contribution in [0, 0.1) is 6.92 Å². The summed E-state index contributed by atoms with van der Waals surface area (Å²) in [6, 6.07) is 15.1. The van der Waals surface area contributed by atoms with Gasteiger partial charge in [0, 0.05) is 40.6 Å². The van der Waals surface area contributed by atoms with Crippen molar-refractivity contribution in [2.75, 3.05) is 7.11 Å². The van der Waals surface area contributed by atoms with Gasteiger partial charge in [-0.2, -0.15) is 0 Å². The molecule has 2 aromatic carbocycles. The highest BCUT2D eigenvalue weighted by Crippen LogP contribution is 2.32. The fraction of sp³-hybridized carbons (Fsp3) is 0.120. The molecule has 0 aliphatic rings. The third-order valence-corrected chi connectivity index (χ3v) is 5.76. The Morgan fingerprint density at radius 3 is 2.61 bits per heavy atom. The van der Waals surface area contributed by atoms with Crippen LogP contribution in [0.5, 0.6) is 5.75 Å². The van der Waals surface area contributed by atoms with Crippen LogP contribution in [-0.2, 0) is 6.54 Å². The van der Waals surface area contributed by atoms with Gasteiger partial charge in [0.2, 0.25) is 11.6 Å². The smallest absolute Gasteiger partial charge is 0.265 e. The number of benzene rings is 2. The first kappa shape index (κ1) is 20.9. The number of oxazole rings is 1. The maximum absolute atomic E-state index is 13.6. The normalized spacial score (nSPS) is 11.1. The SMILES string of the molecule is COc1ccc2c(c1)c(C(=O)c1coc(-c3ncccn3)n1)c(C)n2Cc1ccc(Cl)cc1. The maximum Gasteiger partial charge on any atom is 0.265 e. The molecule has 164 valence electrons. The van der Waals surface area contributed by atoms with Gasteiger partial charge in [0.1, 0.15) is 12.0 Å². The zero-order valence-electron chi connectivity index (χ0n) is 17.9. The van der Waals surface area contributed by atoms with Gasteiger partial charge in [-0.25, -0.2) is 15.0 Å². The van der Waals surface area contributed by atoms with E-state index in [1.165, 1.54) is 6.26 Å². The van der Waals surface area contributed by atoms with Crippen LogP contribution in [0.15, 0.2) is 71.6 Å². The minimum Gasteiger partial charge on any atom is -0.497 e. The highest BCUT2D eigenvalue weighted by molar-refractivity contribution is 6.30. The van der Waals surface area contributed by atoms with Crippen molar-refractivity contribution in [3.8, 4) is 17.5 Å². The predicted molar refractivity (Wildman–Crippen MR) is 125 cm³/mol. The van der Waals surface area contributed by atoms with E-state index in [4.69, 9.17) is 20.8 Å². The first-order valence-electron chi connectivity index (χ1n) is 10.2. The lowest BCUT2D eigenvalue weighted by molar-refractivity contribution is 0.103. The molecule has 0 amide bonds. The van der Waals surface area contributed by atoms with Gasteiger partial charge in [-0.15, -0.1) is 0 Å². The van der Waals surface area contributed by atoms with Crippen LogP contribution >= 0.6 is 11.6 Å². The number of ether oxygens (including phenoxy) is 1. The van der Waals surface area contributed by atoms with Gasteiger partial charge in [-0.3, -0.25) is 4.79 Å². The van der Waals surface area contributed by atoms with E-state index < -0.39 is 0 Å². The number of hydrogen-bond acceptors (Lipinski definition) is 6. The Hall–Kier alpha value is -3.97. The van der Waals surface area contributed by atoms with Crippen molar-refractivity contribution in [2.24, 2.45) is 0 Å². The predicted octanol–water partition coefficient (Wildman–Crippen LogP) is 5.34. The van der Waals surface area contributed by atoms with Crippen LogP contribution in [0.25, 0.3) is 22.6 Å². The average Bonchev–Trinajstić information content (AvgIpc) is 3.44. The molecule has 8 heteroatoms. The number of methoxy groups -OCH3 is 1. The van der Waals surface area contributed by atoms with E-state index >= 15 is 0 Å². The molecule has 0 aliphatic heterocycles. The van der Waals surface area contributed by atoms with E-state index in [2.05, 4.69) is 19.5 Å². The summed E-state index contributed by atoms with van der Waals surface area (Å²) in [5, 5.41) is 1.46. The summed E-state index contributed by atoms with van der Waals surface area (Å²) < 4.78 is 13.0. The zero-order valence-corrected chi connectivity index (χ0v) is 18.7. The molecule has 5 rings (SSSR count). The maximum atomic E-state index is 13.6. The lowest BCUT2D eigenvalue weighted by Gasteiger charge is -2.09. The Labute approximate surface area is 194 Å². The minimum atomic E-state index is -0.244. The van der Waals surface area contributed by atoms with Crippen molar-refractivity contribution in [3.63, 3.8) is 0 Å². The Morgan fingerprint density at radius 1 is 1.12 bits per heavy atom. The lowest BCUT2D eigenvalue weighted by Crippen LogP contribution is -2.06. The molecule has 0 atom stereocenters. The summed E-state index contributed by atoms with van der Waals surface area (Å²) in [6.07, 6.45) is 4.53. The van der Waals surface area contributed by atoms with E-state index in [1.807, 2.05) is 49.4 Å². The van der Waals surface area contributed by atoms with Gasteiger partial charge in [-0.1, -0.05) is 23.7 Å². The summed E-state index contributed by atoms with van der Waals surface area (Å²) in [5.41, 5.74) is 3.54. The Balaban J connectivity index is 1.61. The monoisotopic (exact) mass is 458 g/mol. The Kier molecular flexibility index (Phi) is 5.40. The summed E-state index contributed by atoms with van der Waals surface area (Å²) in [6.45, 7) is 2.51. The summed E-state index contributed by atoms with van der Waals surface area (Å²) in [4.78, 5) is 26.2.